The molecule has 4 atom stereocenters. The molecule has 32 heavy (non-hydrogen) atoms. The van der Waals surface area contributed by atoms with Crippen LogP contribution in [0.25, 0.3) is 0 Å². The van der Waals surface area contributed by atoms with Crippen molar-refractivity contribution in [1.82, 2.24) is 9.55 Å². The second-order valence-electron chi connectivity index (χ2n) is 7.68. The Morgan fingerprint density at radius 2 is 2.06 bits per heavy atom. The van der Waals surface area contributed by atoms with Crippen molar-refractivity contribution in [1.29, 1.82) is 0 Å². The lowest BCUT2D eigenvalue weighted by Crippen LogP contribution is -2.35. The third-order valence-electron chi connectivity index (χ3n) is 4.98. The fourth-order valence-corrected chi connectivity index (χ4v) is 4.89. The van der Waals surface area contributed by atoms with Crippen molar-refractivity contribution in [3.05, 3.63) is 68.5 Å². The van der Waals surface area contributed by atoms with Crippen LogP contribution in [0.4, 0.5) is 0 Å². The number of nitrogens with one attached hydrogen (secondary N) is 1. The zero-order valence-corrected chi connectivity index (χ0v) is 18.4. The third kappa shape index (κ3) is 4.98. The normalized spacial score (nSPS) is 27.3. The van der Waals surface area contributed by atoms with Gasteiger partial charge in [-0.25, -0.2) is 9.59 Å². The molecule has 0 bridgehead atoms. The number of ether oxygens (including phenoxy) is 2. The number of carbonyl (C=O) groups excluding carboxylic acids is 1. The van der Waals surface area contributed by atoms with Gasteiger partial charge in [-0.2, -0.15) is 9.42 Å². The van der Waals surface area contributed by atoms with Crippen LogP contribution in [0.3, 0.4) is 0 Å². The lowest BCUT2D eigenvalue weighted by Gasteiger charge is -2.26. The molecule has 3 heterocycles. The highest BCUT2D eigenvalue weighted by Crippen LogP contribution is 2.63. The first-order valence-corrected chi connectivity index (χ1v) is 11.6. The van der Waals surface area contributed by atoms with E-state index in [1.807, 2.05) is 0 Å². The van der Waals surface area contributed by atoms with Crippen LogP contribution in [-0.4, -0.2) is 45.3 Å². The Labute approximate surface area is 183 Å². The predicted octanol–water partition coefficient (Wildman–Crippen LogP) is 1.69. The maximum Gasteiger partial charge on any atom is 0.573 e. The Balaban J connectivity index is 1.42. The average Bonchev–Trinajstić information content (AvgIpc) is 3.14. The highest BCUT2D eigenvalue weighted by Gasteiger charge is 2.57. The Kier molecular flexibility index (Phi) is 6.57. The summed E-state index contributed by atoms with van der Waals surface area (Å²) in [5, 5.41) is 0. The van der Waals surface area contributed by atoms with Crippen molar-refractivity contribution in [2.24, 2.45) is 0 Å². The summed E-state index contributed by atoms with van der Waals surface area (Å²) < 4.78 is 29.0. The van der Waals surface area contributed by atoms with E-state index in [2.05, 4.69) is 4.98 Å². The van der Waals surface area contributed by atoms with Crippen LogP contribution in [-0.2, 0) is 29.7 Å². The molecule has 2 saturated heterocycles. The van der Waals surface area contributed by atoms with Crippen molar-refractivity contribution >= 4 is 14.1 Å². The summed E-state index contributed by atoms with van der Waals surface area (Å²) in [5.74, 6) is -0.492. The Morgan fingerprint density at radius 3 is 2.81 bits per heavy atom. The number of esters is 1. The Hall–Kier alpha value is -2.40. The minimum atomic E-state index is -3.69. The molecule has 0 saturated carbocycles. The summed E-state index contributed by atoms with van der Waals surface area (Å²) in [6, 6.07) is 7.97. The quantitative estimate of drug-likeness (QED) is 0.480. The maximum atomic E-state index is 12.3. The SMILES string of the molecule is CC(C)OC(=O)c1ccccc1CO[P+]1(O)OC[C@H]2O[C@@H](n3ccc(=O)[nH]c3=O)C[C@@H]2O1. The maximum absolute atomic E-state index is 12.3. The molecule has 1 aromatic heterocycles. The van der Waals surface area contributed by atoms with Crippen LogP contribution in [0.2, 0.25) is 0 Å². The van der Waals surface area contributed by atoms with E-state index in [1.165, 1.54) is 16.8 Å². The lowest BCUT2D eigenvalue weighted by atomic mass is 10.1. The van der Waals surface area contributed by atoms with E-state index in [4.69, 9.17) is 23.0 Å². The number of carbonyl (C=O) groups is 1. The zero-order chi connectivity index (χ0) is 22.9. The standard InChI is InChI=1S/C20H23N2O9P/c1-12(2)29-19(24)14-6-4-3-5-13(14)10-27-32(26)28-11-16-15(31-32)9-18(30-16)22-8-7-17(23)21-20(22)25/h3-8,12,15-16,18,26H,9-11H2,1-2H3/p+1/t15-,16+,18+,32?/m0/s1. The highest BCUT2D eigenvalue weighted by atomic mass is 31.2. The van der Waals surface area contributed by atoms with Crippen LogP contribution in [0.15, 0.2) is 46.1 Å². The van der Waals surface area contributed by atoms with Gasteiger partial charge in [0.15, 0.2) is 0 Å². The van der Waals surface area contributed by atoms with E-state index in [0.29, 0.717) is 11.1 Å². The van der Waals surface area contributed by atoms with E-state index in [1.54, 1.807) is 38.1 Å². The number of rotatable bonds is 6. The van der Waals surface area contributed by atoms with Crippen molar-refractivity contribution in [2.75, 3.05) is 6.61 Å². The third-order valence-corrected chi connectivity index (χ3v) is 6.44. The van der Waals surface area contributed by atoms with E-state index >= 15 is 0 Å². The average molecular weight is 467 g/mol. The molecule has 1 unspecified atom stereocenters. The second kappa shape index (κ2) is 9.22. The molecular weight excluding hydrogens is 443 g/mol. The summed E-state index contributed by atoms with van der Waals surface area (Å²) in [6.45, 7) is 3.38. The van der Waals surface area contributed by atoms with Crippen molar-refractivity contribution in [2.45, 2.75) is 51.4 Å². The number of hydrogen-bond donors (Lipinski definition) is 2. The van der Waals surface area contributed by atoms with E-state index < -0.39 is 43.8 Å². The molecule has 1 aromatic carbocycles. The molecule has 12 heteroatoms. The number of aromatic nitrogens is 2. The zero-order valence-electron chi connectivity index (χ0n) is 17.5. The van der Waals surface area contributed by atoms with Gasteiger partial charge < -0.3 is 9.47 Å². The molecule has 2 N–H and O–H groups in total. The molecule has 0 aliphatic carbocycles. The number of fused-ring (bicyclic) bond motifs is 1. The topological polar surface area (TPSA) is 138 Å². The molecule has 2 aromatic rings. The van der Waals surface area contributed by atoms with Gasteiger partial charge in [0.25, 0.3) is 5.56 Å². The van der Waals surface area contributed by atoms with Gasteiger partial charge in [-0.1, -0.05) is 18.2 Å². The second-order valence-corrected chi connectivity index (χ2v) is 9.34. The number of H-pyrrole nitrogens is 1. The molecule has 4 rings (SSSR count). The van der Waals surface area contributed by atoms with Gasteiger partial charge in [0.05, 0.1) is 11.7 Å². The van der Waals surface area contributed by atoms with Crippen LogP contribution < -0.4 is 11.2 Å². The molecule has 172 valence electrons. The summed E-state index contributed by atoms with van der Waals surface area (Å²) in [4.78, 5) is 48.5. The summed E-state index contributed by atoms with van der Waals surface area (Å²) >= 11 is 0. The summed E-state index contributed by atoms with van der Waals surface area (Å²) in [6.07, 6.45) is -0.461. The number of benzene rings is 1. The first-order valence-electron chi connectivity index (χ1n) is 10.1. The summed E-state index contributed by atoms with van der Waals surface area (Å²) in [5.41, 5.74) is -0.272. The summed E-state index contributed by atoms with van der Waals surface area (Å²) in [7, 11) is -3.69. The number of nitrogens with zero attached hydrogens (tertiary/aromatic N) is 1. The Bertz CT molecular complexity index is 1100. The smallest absolute Gasteiger partial charge is 0.459 e. The van der Waals surface area contributed by atoms with Gasteiger partial charge in [-0.15, -0.1) is 9.05 Å². The molecule has 2 aliphatic heterocycles. The Morgan fingerprint density at radius 1 is 1.28 bits per heavy atom. The molecular formula is C20H24N2O9P+. The van der Waals surface area contributed by atoms with Crippen molar-refractivity contribution in [3.8, 4) is 0 Å². The minimum absolute atomic E-state index is 0.000582. The molecule has 2 aliphatic rings. The first-order chi connectivity index (χ1) is 15.2. The fourth-order valence-electron chi connectivity index (χ4n) is 3.50. The van der Waals surface area contributed by atoms with Crippen LogP contribution in [0.5, 0.6) is 0 Å². The largest absolute Gasteiger partial charge is 0.573 e. The van der Waals surface area contributed by atoms with Gasteiger partial charge in [0.1, 0.15) is 31.6 Å². The molecule has 2 fully saturated rings. The monoisotopic (exact) mass is 467 g/mol. The predicted molar refractivity (Wildman–Crippen MR) is 112 cm³/mol. The number of hydrogen-bond acceptors (Lipinski definition) is 9. The molecule has 0 amide bonds. The van der Waals surface area contributed by atoms with Crippen molar-refractivity contribution in [3.63, 3.8) is 0 Å². The van der Waals surface area contributed by atoms with Crippen LogP contribution >= 0.6 is 8.17 Å². The van der Waals surface area contributed by atoms with Gasteiger partial charge in [-0.05, 0) is 25.5 Å². The van der Waals surface area contributed by atoms with E-state index in [9.17, 15) is 19.3 Å². The molecule has 11 nitrogen and oxygen atoms in total. The van der Waals surface area contributed by atoms with Gasteiger partial charge in [-0.3, -0.25) is 14.3 Å². The lowest BCUT2D eigenvalue weighted by molar-refractivity contribution is -0.0828. The van der Waals surface area contributed by atoms with Gasteiger partial charge in [0.2, 0.25) is 0 Å². The van der Waals surface area contributed by atoms with Crippen LogP contribution in [0, 0.1) is 0 Å². The van der Waals surface area contributed by atoms with Crippen molar-refractivity contribution < 1.29 is 32.7 Å². The minimum Gasteiger partial charge on any atom is -0.459 e. The van der Waals surface area contributed by atoms with E-state index in [-0.39, 0.29) is 25.7 Å². The molecule has 0 spiro atoms. The first kappa shape index (κ1) is 22.8. The van der Waals surface area contributed by atoms with Crippen LogP contribution in [0.1, 0.15) is 42.4 Å². The fraction of sp³-hybridized carbons (Fsp3) is 0.450. The number of aromatic amines is 1. The van der Waals surface area contributed by atoms with Gasteiger partial charge >= 0.3 is 19.8 Å². The van der Waals surface area contributed by atoms with Gasteiger partial charge in [0, 0.05) is 18.7 Å². The molecule has 0 radical (unpaired) electrons. The highest BCUT2D eigenvalue weighted by molar-refractivity contribution is 7.55. The van der Waals surface area contributed by atoms with E-state index in [0.717, 1.165) is 0 Å².